The average Bonchev–Trinajstić information content (AvgIpc) is 3.15. The van der Waals surface area contributed by atoms with Crippen molar-refractivity contribution in [1.29, 1.82) is 0 Å². The number of rotatable bonds is 5. The quantitative estimate of drug-likeness (QED) is 0.281. The molecule has 1 unspecified atom stereocenters. The predicted molar refractivity (Wildman–Crippen MR) is 135 cm³/mol. The second kappa shape index (κ2) is 8.92. The number of thioether (sulfide) groups is 1. The van der Waals surface area contributed by atoms with E-state index in [1.165, 1.54) is 28.7 Å². The van der Waals surface area contributed by atoms with E-state index in [-0.39, 0.29) is 11.5 Å². The zero-order valence-corrected chi connectivity index (χ0v) is 20.3. The van der Waals surface area contributed by atoms with Crippen molar-refractivity contribution in [3.05, 3.63) is 74.4 Å². The number of carbonyl (C=O) groups excluding carboxylic acids is 1. The molecule has 0 radical (unpaired) electrons. The van der Waals surface area contributed by atoms with Gasteiger partial charge in [-0.1, -0.05) is 59.3 Å². The number of carbonyl (C=O) groups is 1. The lowest BCUT2D eigenvalue weighted by Gasteiger charge is -2.16. The third-order valence-corrected chi connectivity index (χ3v) is 7.22. The van der Waals surface area contributed by atoms with Gasteiger partial charge in [-0.3, -0.25) is 9.59 Å². The molecule has 0 fully saturated rings. The SMILES string of the molecule is Cc1ccc(-c2csc3nc(SC(C)C(=O)Nc4c(C)cc(C)cc4C)[nH]c(=O)c23)cc1. The Morgan fingerprint density at radius 3 is 2.38 bits per heavy atom. The molecule has 32 heavy (non-hydrogen) atoms. The number of amides is 1. The van der Waals surface area contributed by atoms with E-state index in [4.69, 9.17) is 0 Å². The topological polar surface area (TPSA) is 74.8 Å². The van der Waals surface area contributed by atoms with E-state index in [1.54, 1.807) is 0 Å². The number of hydrogen-bond donors (Lipinski definition) is 2. The van der Waals surface area contributed by atoms with Gasteiger partial charge in [0.2, 0.25) is 5.91 Å². The maximum absolute atomic E-state index is 12.9. The monoisotopic (exact) mass is 463 g/mol. The van der Waals surface area contributed by atoms with Crippen LogP contribution in [0.5, 0.6) is 0 Å². The summed E-state index contributed by atoms with van der Waals surface area (Å²) in [7, 11) is 0. The van der Waals surface area contributed by atoms with Gasteiger partial charge in [0.1, 0.15) is 4.83 Å². The van der Waals surface area contributed by atoms with Gasteiger partial charge in [-0.05, 0) is 51.3 Å². The van der Waals surface area contributed by atoms with E-state index >= 15 is 0 Å². The van der Waals surface area contributed by atoms with Crippen molar-refractivity contribution in [2.75, 3.05) is 5.32 Å². The summed E-state index contributed by atoms with van der Waals surface area (Å²) >= 11 is 2.69. The fourth-order valence-corrected chi connectivity index (χ4v) is 5.56. The normalized spacial score (nSPS) is 12.2. The fourth-order valence-electron chi connectivity index (χ4n) is 3.75. The van der Waals surface area contributed by atoms with Crippen molar-refractivity contribution < 1.29 is 4.79 Å². The molecule has 4 rings (SSSR count). The number of thiophene rings is 1. The molecule has 0 aliphatic rings. The van der Waals surface area contributed by atoms with Gasteiger partial charge in [-0.25, -0.2) is 4.98 Å². The van der Waals surface area contributed by atoms with Crippen LogP contribution in [0.15, 0.2) is 51.7 Å². The first-order valence-corrected chi connectivity index (χ1v) is 12.1. The lowest BCUT2D eigenvalue weighted by molar-refractivity contribution is -0.115. The molecule has 0 bridgehead atoms. The van der Waals surface area contributed by atoms with E-state index in [1.807, 2.05) is 64.3 Å². The Labute approximate surface area is 195 Å². The third-order valence-electron chi connectivity index (χ3n) is 5.37. The fraction of sp³-hybridized carbons (Fsp3) is 0.240. The van der Waals surface area contributed by atoms with Crippen LogP contribution in [0.3, 0.4) is 0 Å². The number of benzene rings is 2. The molecule has 0 aliphatic heterocycles. The number of aryl methyl sites for hydroxylation is 4. The summed E-state index contributed by atoms with van der Waals surface area (Å²) in [6, 6.07) is 12.2. The first-order chi connectivity index (χ1) is 15.2. The zero-order valence-electron chi connectivity index (χ0n) is 18.7. The lowest BCUT2D eigenvalue weighted by Crippen LogP contribution is -2.24. The smallest absolute Gasteiger partial charge is 0.260 e. The summed E-state index contributed by atoms with van der Waals surface area (Å²) < 4.78 is 0. The first-order valence-electron chi connectivity index (χ1n) is 10.4. The molecule has 2 heterocycles. The van der Waals surface area contributed by atoms with Crippen LogP contribution in [-0.2, 0) is 4.79 Å². The number of aromatic amines is 1. The molecule has 164 valence electrons. The van der Waals surface area contributed by atoms with Crippen molar-refractivity contribution in [2.24, 2.45) is 0 Å². The van der Waals surface area contributed by atoms with Crippen LogP contribution < -0.4 is 10.9 Å². The highest BCUT2D eigenvalue weighted by molar-refractivity contribution is 8.00. The largest absolute Gasteiger partial charge is 0.325 e. The molecule has 0 saturated carbocycles. The molecule has 0 spiro atoms. The standard InChI is InChI=1S/C25H25N3O2S2/c1-13-6-8-18(9-7-13)19-12-31-24-20(19)23(30)27-25(28-24)32-17(5)22(29)26-21-15(3)10-14(2)11-16(21)4/h6-12,17H,1-5H3,(H,26,29)(H,27,28,30). The summed E-state index contributed by atoms with van der Waals surface area (Å²) in [4.78, 5) is 33.9. The van der Waals surface area contributed by atoms with Gasteiger partial charge in [0, 0.05) is 16.6 Å². The Hall–Kier alpha value is -2.90. The highest BCUT2D eigenvalue weighted by Gasteiger charge is 2.20. The summed E-state index contributed by atoms with van der Waals surface area (Å²) in [5, 5.41) is 5.60. The van der Waals surface area contributed by atoms with Crippen molar-refractivity contribution in [3.8, 4) is 11.1 Å². The molecule has 0 saturated heterocycles. The summed E-state index contributed by atoms with van der Waals surface area (Å²) in [6.45, 7) is 9.87. The Bertz CT molecular complexity index is 1350. The van der Waals surface area contributed by atoms with E-state index in [0.29, 0.717) is 15.4 Å². The van der Waals surface area contributed by atoms with Crippen LogP contribution in [-0.4, -0.2) is 21.1 Å². The summed E-state index contributed by atoms with van der Waals surface area (Å²) in [5.74, 6) is -0.126. The number of anilines is 1. The Kier molecular flexibility index (Phi) is 6.22. The average molecular weight is 464 g/mol. The third kappa shape index (κ3) is 4.49. The predicted octanol–water partition coefficient (Wildman–Crippen LogP) is 6.00. The van der Waals surface area contributed by atoms with Crippen molar-refractivity contribution in [3.63, 3.8) is 0 Å². The van der Waals surface area contributed by atoms with Gasteiger partial charge in [-0.15, -0.1) is 11.3 Å². The van der Waals surface area contributed by atoms with Crippen LogP contribution in [0.1, 0.15) is 29.2 Å². The number of H-pyrrole nitrogens is 1. The van der Waals surface area contributed by atoms with Crippen molar-refractivity contribution in [2.45, 2.75) is 45.0 Å². The molecule has 1 amide bonds. The molecule has 2 aromatic heterocycles. The van der Waals surface area contributed by atoms with Gasteiger partial charge in [-0.2, -0.15) is 0 Å². The number of nitrogens with one attached hydrogen (secondary N) is 2. The molecule has 2 N–H and O–H groups in total. The minimum Gasteiger partial charge on any atom is -0.325 e. The van der Waals surface area contributed by atoms with Gasteiger partial charge in [0.05, 0.1) is 10.6 Å². The van der Waals surface area contributed by atoms with Crippen LogP contribution >= 0.6 is 23.1 Å². The minimum absolute atomic E-state index is 0.126. The highest BCUT2D eigenvalue weighted by Crippen LogP contribution is 2.32. The highest BCUT2D eigenvalue weighted by atomic mass is 32.2. The van der Waals surface area contributed by atoms with Gasteiger partial charge in [0.25, 0.3) is 5.56 Å². The molecule has 4 aromatic rings. The van der Waals surface area contributed by atoms with E-state index < -0.39 is 5.25 Å². The van der Waals surface area contributed by atoms with Gasteiger partial charge in [0.15, 0.2) is 5.16 Å². The molecule has 0 aliphatic carbocycles. The molecule has 7 heteroatoms. The second-order valence-corrected chi connectivity index (χ2v) is 10.3. The number of aromatic nitrogens is 2. The van der Waals surface area contributed by atoms with Crippen LogP contribution in [0.25, 0.3) is 21.3 Å². The van der Waals surface area contributed by atoms with Gasteiger partial charge >= 0.3 is 0 Å². The summed E-state index contributed by atoms with van der Waals surface area (Å²) in [6.07, 6.45) is 0. The van der Waals surface area contributed by atoms with Crippen molar-refractivity contribution in [1.82, 2.24) is 9.97 Å². The molecular weight excluding hydrogens is 438 g/mol. The number of nitrogens with zero attached hydrogens (tertiary/aromatic N) is 1. The van der Waals surface area contributed by atoms with Crippen LogP contribution in [0.2, 0.25) is 0 Å². The van der Waals surface area contributed by atoms with Crippen molar-refractivity contribution >= 4 is 44.9 Å². The Morgan fingerprint density at radius 1 is 1.06 bits per heavy atom. The maximum Gasteiger partial charge on any atom is 0.260 e. The van der Waals surface area contributed by atoms with Crippen LogP contribution in [0, 0.1) is 27.7 Å². The minimum atomic E-state index is -0.424. The van der Waals surface area contributed by atoms with Crippen LogP contribution in [0.4, 0.5) is 5.69 Å². The molecule has 2 aromatic carbocycles. The van der Waals surface area contributed by atoms with Gasteiger partial charge < -0.3 is 10.3 Å². The second-order valence-electron chi connectivity index (χ2n) is 8.09. The number of hydrogen-bond acceptors (Lipinski definition) is 5. The van der Waals surface area contributed by atoms with E-state index in [0.717, 1.165) is 33.5 Å². The molecule has 5 nitrogen and oxygen atoms in total. The first kappa shape index (κ1) is 22.3. The Morgan fingerprint density at radius 2 is 1.72 bits per heavy atom. The molecular formula is C25H25N3O2S2. The maximum atomic E-state index is 12.9. The lowest BCUT2D eigenvalue weighted by atomic mass is 10.1. The number of fused-ring (bicyclic) bond motifs is 1. The van der Waals surface area contributed by atoms with E-state index in [2.05, 4.69) is 27.4 Å². The van der Waals surface area contributed by atoms with E-state index in [9.17, 15) is 9.59 Å². The Balaban J connectivity index is 1.56. The zero-order chi connectivity index (χ0) is 23.0. The molecule has 1 atom stereocenters. The summed E-state index contributed by atoms with van der Waals surface area (Å²) in [5.41, 5.74) is 6.92.